The molecule has 0 radical (unpaired) electrons. The third kappa shape index (κ3) is 2.81. The molecule has 0 saturated heterocycles. The van der Waals surface area contributed by atoms with Crippen LogP contribution in [-0.2, 0) is 0 Å². The molecule has 8 aromatic rings. The fraction of sp³-hybridized carbons (Fsp3) is 0.333. The average Bonchev–Trinajstić information content (AvgIpc) is 3.42. The lowest BCUT2D eigenvalue weighted by atomic mass is 9.86. The van der Waals surface area contributed by atoms with Crippen LogP contribution in [0, 0.1) is 0 Å². The van der Waals surface area contributed by atoms with Gasteiger partial charge in [-0.3, -0.25) is 28.3 Å². The number of pyridine rings is 2. The highest BCUT2D eigenvalue weighted by molar-refractivity contribution is 6.44. The van der Waals surface area contributed by atoms with E-state index in [9.17, 15) is 19.2 Å². The predicted octanol–water partition coefficient (Wildman–Crippen LogP) is 7.16. The van der Waals surface area contributed by atoms with Gasteiger partial charge in [-0.25, -0.2) is 0 Å². The van der Waals surface area contributed by atoms with Crippen molar-refractivity contribution < 1.29 is 4.42 Å². The van der Waals surface area contributed by atoms with E-state index in [0.717, 1.165) is 96.5 Å². The van der Waals surface area contributed by atoms with Crippen LogP contribution in [0.15, 0.2) is 60.0 Å². The van der Waals surface area contributed by atoms with Crippen LogP contribution in [-0.4, -0.2) is 9.13 Å². The molecule has 0 unspecified atom stereocenters. The lowest BCUT2D eigenvalue weighted by Gasteiger charge is -2.25. The minimum absolute atomic E-state index is 0.0884. The Morgan fingerprint density at radius 3 is 1.23 bits per heavy atom. The number of nitrogens with zero attached hydrogens (tertiary/aromatic N) is 2. The van der Waals surface area contributed by atoms with E-state index in [1.165, 1.54) is 9.13 Å². The summed E-state index contributed by atoms with van der Waals surface area (Å²) in [6, 6.07) is 11.1. The summed E-state index contributed by atoms with van der Waals surface area (Å²) >= 11 is 0. The molecule has 2 aliphatic rings. The van der Waals surface area contributed by atoms with E-state index in [0.29, 0.717) is 43.5 Å². The molecule has 0 aliphatic heterocycles. The number of fused-ring (bicyclic) bond motifs is 1. The third-order valence-electron chi connectivity index (χ3n) is 10.9. The van der Waals surface area contributed by atoms with Crippen molar-refractivity contribution in [2.45, 2.75) is 76.3 Å². The van der Waals surface area contributed by atoms with Crippen molar-refractivity contribution in [3.8, 4) is 0 Å². The van der Waals surface area contributed by atoms with Crippen LogP contribution in [0.3, 0.4) is 0 Å². The highest BCUT2D eigenvalue weighted by atomic mass is 16.3. The van der Waals surface area contributed by atoms with E-state index in [2.05, 4.69) is 0 Å². The topological polar surface area (TPSA) is 91.3 Å². The highest BCUT2D eigenvalue weighted by Crippen LogP contribution is 2.49. The van der Waals surface area contributed by atoms with Crippen LogP contribution in [0.25, 0.3) is 75.8 Å². The summed E-state index contributed by atoms with van der Waals surface area (Å²) < 4.78 is 9.51. The van der Waals surface area contributed by atoms with Gasteiger partial charge in [-0.05, 0) is 60.7 Å². The first-order chi connectivity index (χ1) is 21.0. The first-order valence-corrected chi connectivity index (χ1v) is 15.7. The molecule has 7 heteroatoms. The van der Waals surface area contributed by atoms with E-state index in [-0.39, 0.29) is 34.3 Å². The van der Waals surface area contributed by atoms with Crippen LogP contribution in [0.1, 0.15) is 76.3 Å². The quantitative estimate of drug-likeness (QED) is 0.163. The van der Waals surface area contributed by atoms with Gasteiger partial charge in [-0.2, -0.15) is 0 Å². The Kier molecular flexibility index (Phi) is 4.52. The SMILES string of the molecule is O=c1c2ccc3c4ccc5c(=O)n(C6CCCCC6)c(=O)c6cc7oc8cc(c(=O)n1C1CCCCC1)c2c3c8c7c4c56. The van der Waals surface area contributed by atoms with Gasteiger partial charge in [0.25, 0.3) is 22.2 Å². The Balaban J connectivity index is 1.40. The lowest BCUT2D eigenvalue weighted by Crippen LogP contribution is -2.37. The monoisotopic (exact) mass is 568 g/mol. The molecule has 2 saturated carbocycles. The molecule has 10 rings (SSSR count). The first kappa shape index (κ1) is 24.0. The Hall–Kier alpha value is -4.52. The zero-order valence-electron chi connectivity index (χ0n) is 23.6. The molecule has 3 aromatic heterocycles. The molecule has 43 heavy (non-hydrogen) atoms. The van der Waals surface area contributed by atoms with Crippen LogP contribution in [0.2, 0.25) is 0 Å². The van der Waals surface area contributed by atoms with Gasteiger partial charge >= 0.3 is 0 Å². The minimum atomic E-state index is -0.252. The molecule has 212 valence electrons. The van der Waals surface area contributed by atoms with Gasteiger partial charge in [0.05, 0.1) is 10.8 Å². The second-order valence-electron chi connectivity index (χ2n) is 13.1. The average molecular weight is 569 g/mol. The van der Waals surface area contributed by atoms with Gasteiger partial charge < -0.3 is 4.42 Å². The normalized spacial score (nSPS) is 18.0. The maximum atomic E-state index is 14.1. The molecular weight excluding hydrogens is 540 g/mol. The summed E-state index contributed by atoms with van der Waals surface area (Å²) in [6.07, 6.45) is 9.67. The molecule has 0 atom stereocenters. The molecule has 0 amide bonds. The molecule has 7 nitrogen and oxygen atoms in total. The van der Waals surface area contributed by atoms with Crippen LogP contribution >= 0.6 is 0 Å². The van der Waals surface area contributed by atoms with E-state index < -0.39 is 0 Å². The van der Waals surface area contributed by atoms with Gasteiger partial charge in [-0.15, -0.1) is 0 Å². The number of benzene rings is 5. The van der Waals surface area contributed by atoms with Crippen molar-refractivity contribution in [3.63, 3.8) is 0 Å². The smallest absolute Gasteiger partial charge is 0.261 e. The fourth-order valence-electron chi connectivity index (χ4n) is 9.05. The third-order valence-corrected chi connectivity index (χ3v) is 10.9. The van der Waals surface area contributed by atoms with Crippen LogP contribution < -0.4 is 22.2 Å². The Morgan fingerprint density at radius 1 is 0.442 bits per heavy atom. The predicted molar refractivity (Wildman–Crippen MR) is 171 cm³/mol. The van der Waals surface area contributed by atoms with Crippen molar-refractivity contribution in [1.29, 1.82) is 0 Å². The molecule has 0 N–H and O–H groups in total. The van der Waals surface area contributed by atoms with E-state index >= 15 is 0 Å². The summed E-state index contributed by atoms with van der Waals surface area (Å²) in [5.74, 6) is 0. The summed E-state index contributed by atoms with van der Waals surface area (Å²) in [5, 5.41) is 8.66. The zero-order valence-corrected chi connectivity index (χ0v) is 23.6. The molecule has 5 aromatic carbocycles. The van der Waals surface area contributed by atoms with Crippen molar-refractivity contribution in [3.05, 3.63) is 77.8 Å². The fourth-order valence-corrected chi connectivity index (χ4v) is 9.05. The number of rotatable bonds is 2. The Bertz CT molecular complexity index is 2480. The zero-order chi connectivity index (χ0) is 28.7. The maximum absolute atomic E-state index is 14.1. The maximum Gasteiger partial charge on any atom is 0.261 e. The number of furan rings is 1. The standard InChI is InChI=1S/C36H28N2O5/c39-33-21-13-11-19-20-12-14-22-28-24(36(42)38(34(22)40)18-9-5-2-6-10-18)16-26-32(30(20)28)31-25(43-26)15-23(27(21)29(19)31)35(41)37(33)17-7-3-1-4-8-17/h11-18H,1-10H2. The molecule has 2 fully saturated rings. The van der Waals surface area contributed by atoms with Gasteiger partial charge in [-0.1, -0.05) is 50.7 Å². The highest BCUT2D eigenvalue weighted by Gasteiger charge is 2.30. The van der Waals surface area contributed by atoms with Gasteiger partial charge in [0.15, 0.2) is 0 Å². The molecule has 0 spiro atoms. The van der Waals surface area contributed by atoms with Crippen molar-refractivity contribution in [2.24, 2.45) is 0 Å². The Labute approximate surface area is 243 Å². The molecule has 0 bridgehead atoms. The van der Waals surface area contributed by atoms with Gasteiger partial charge in [0.2, 0.25) is 0 Å². The number of hydrogen-bond acceptors (Lipinski definition) is 5. The van der Waals surface area contributed by atoms with E-state index in [1.807, 2.05) is 24.3 Å². The lowest BCUT2D eigenvalue weighted by molar-refractivity contribution is 0.342. The van der Waals surface area contributed by atoms with Gasteiger partial charge in [0, 0.05) is 55.2 Å². The second kappa shape index (κ2) is 8.10. The van der Waals surface area contributed by atoms with E-state index in [1.54, 1.807) is 12.1 Å². The van der Waals surface area contributed by atoms with Crippen molar-refractivity contribution >= 4 is 75.8 Å². The minimum Gasteiger partial charge on any atom is -0.456 e. The second-order valence-corrected chi connectivity index (χ2v) is 13.1. The molecular formula is C36H28N2O5. The molecule has 3 heterocycles. The first-order valence-electron chi connectivity index (χ1n) is 15.7. The summed E-state index contributed by atoms with van der Waals surface area (Å²) in [6.45, 7) is 0. The summed E-state index contributed by atoms with van der Waals surface area (Å²) in [5.41, 5.74) is 0.197. The number of aromatic nitrogens is 2. The Morgan fingerprint density at radius 2 is 0.814 bits per heavy atom. The largest absolute Gasteiger partial charge is 0.456 e. The molecule has 2 aliphatic carbocycles. The van der Waals surface area contributed by atoms with Crippen LogP contribution in [0.5, 0.6) is 0 Å². The van der Waals surface area contributed by atoms with E-state index in [4.69, 9.17) is 4.42 Å². The number of hydrogen-bond donors (Lipinski definition) is 0. The summed E-state index contributed by atoms with van der Waals surface area (Å²) in [4.78, 5) is 56.0. The van der Waals surface area contributed by atoms with Crippen LogP contribution in [0.4, 0.5) is 0 Å². The summed E-state index contributed by atoms with van der Waals surface area (Å²) in [7, 11) is 0. The van der Waals surface area contributed by atoms with Gasteiger partial charge in [0.1, 0.15) is 11.2 Å². The van der Waals surface area contributed by atoms with Crippen molar-refractivity contribution in [2.75, 3.05) is 0 Å². The van der Waals surface area contributed by atoms with Crippen molar-refractivity contribution in [1.82, 2.24) is 9.13 Å².